The van der Waals surface area contributed by atoms with Crippen LogP contribution in [0.15, 0.2) is 23.8 Å². The van der Waals surface area contributed by atoms with E-state index in [2.05, 4.69) is 6.08 Å². The molecule has 4 rings (SSSR count). The lowest BCUT2D eigenvalue weighted by atomic mass is 9.42. The van der Waals surface area contributed by atoms with E-state index in [9.17, 15) is 39.3 Å². The fourth-order valence-electron chi connectivity index (χ4n) is 8.78. The first-order valence-electron chi connectivity index (χ1n) is 16.1. The maximum atomic E-state index is 14.1. The Bertz CT molecular complexity index is 1260. The summed E-state index contributed by atoms with van der Waals surface area (Å²) in [4.78, 5) is 61.4. The molecule has 10 nitrogen and oxygen atoms in total. The van der Waals surface area contributed by atoms with E-state index < -0.39 is 63.7 Å². The lowest BCUT2D eigenvalue weighted by Gasteiger charge is -2.60. The molecule has 3 saturated carbocycles. The molecule has 4 N–H and O–H groups in total. The van der Waals surface area contributed by atoms with Gasteiger partial charge in [-0.2, -0.15) is 0 Å². The Morgan fingerprint density at radius 3 is 2.22 bits per heavy atom. The molecule has 0 spiro atoms. The molecule has 0 aromatic heterocycles. The minimum absolute atomic E-state index is 0.0239. The smallest absolute Gasteiger partial charge is 0.303 e. The van der Waals surface area contributed by atoms with Gasteiger partial charge in [0.1, 0.15) is 29.7 Å². The van der Waals surface area contributed by atoms with Crippen molar-refractivity contribution >= 4 is 29.1 Å². The number of aliphatic hydroxyl groups is 4. The summed E-state index contributed by atoms with van der Waals surface area (Å²) < 4.78 is 5.19. The van der Waals surface area contributed by atoms with Crippen molar-refractivity contribution in [2.24, 2.45) is 39.9 Å². The van der Waals surface area contributed by atoms with Gasteiger partial charge in [-0.05, 0) is 81.8 Å². The molecular formula is C35H52O10. The number of carbonyl (C=O) groups excluding carboxylic acids is 5. The van der Waals surface area contributed by atoms with Gasteiger partial charge in [0, 0.05) is 31.1 Å². The largest absolute Gasteiger partial charge is 0.456 e. The van der Waals surface area contributed by atoms with E-state index in [0.717, 1.165) is 5.57 Å². The van der Waals surface area contributed by atoms with Crippen LogP contribution in [-0.4, -0.2) is 80.0 Å². The van der Waals surface area contributed by atoms with Crippen LogP contribution in [0.1, 0.15) is 93.9 Å². The Labute approximate surface area is 266 Å². The van der Waals surface area contributed by atoms with Gasteiger partial charge < -0.3 is 25.2 Å². The Balaban J connectivity index is 0.000000707. The van der Waals surface area contributed by atoms with E-state index in [1.807, 2.05) is 20.8 Å². The zero-order valence-electron chi connectivity index (χ0n) is 28.0. The highest BCUT2D eigenvalue weighted by atomic mass is 16.6. The molecule has 0 bridgehead atoms. The summed E-state index contributed by atoms with van der Waals surface area (Å²) in [6, 6.07) is 0. The van der Waals surface area contributed by atoms with Gasteiger partial charge in [-0.1, -0.05) is 39.3 Å². The lowest BCUT2D eigenvalue weighted by molar-refractivity contribution is -0.169. The molecule has 0 aromatic rings. The summed E-state index contributed by atoms with van der Waals surface area (Å²) in [7, 11) is 0. The Kier molecular flexibility index (Phi) is 10.9. The molecule has 4 aliphatic rings. The summed E-state index contributed by atoms with van der Waals surface area (Å²) in [5.74, 6) is -2.72. The fourth-order valence-corrected chi connectivity index (χ4v) is 8.78. The number of hydrogen-bond acceptors (Lipinski definition) is 10. The van der Waals surface area contributed by atoms with Crippen LogP contribution in [-0.2, 0) is 28.7 Å². The SMILES string of the molecule is CC(=O)OC(C)(C)/C=C/C(=O)C(O)[C@H]1CCC2C3CC=C4[C@@H](CC(=O)C(O)C4(C)C)C3(CO)C(=O)CC21C.CCC(O)C(C)=O. The normalized spacial score (nSPS) is 35.2. The molecule has 0 heterocycles. The molecule has 252 valence electrons. The zero-order valence-corrected chi connectivity index (χ0v) is 28.0. The summed E-state index contributed by atoms with van der Waals surface area (Å²) in [6.45, 7) is 13.0. The molecule has 0 radical (unpaired) electrons. The van der Waals surface area contributed by atoms with Crippen LogP contribution in [0.2, 0.25) is 0 Å². The molecule has 0 saturated heterocycles. The minimum Gasteiger partial charge on any atom is -0.456 e. The number of hydrogen-bond donors (Lipinski definition) is 4. The average Bonchev–Trinajstić information content (AvgIpc) is 3.29. The predicted octanol–water partition coefficient (Wildman–Crippen LogP) is 3.07. The molecular weight excluding hydrogens is 580 g/mol. The van der Waals surface area contributed by atoms with Gasteiger partial charge in [-0.25, -0.2) is 0 Å². The van der Waals surface area contributed by atoms with Crippen LogP contribution in [0, 0.1) is 39.9 Å². The molecule has 10 heteroatoms. The first kappa shape index (κ1) is 36.9. The van der Waals surface area contributed by atoms with Gasteiger partial charge in [0.05, 0.1) is 12.0 Å². The Hall–Kier alpha value is -2.53. The van der Waals surface area contributed by atoms with Crippen molar-refractivity contribution in [2.45, 2.75) is 118 Å². The number of carbonyl (C=O) groups is 5. The topological polar surface area (TPSA) is 176 Å². The summed E-state index contributed by atoms with van der Waals surface area (Å²) >= 11 is 0. The van der Waals surface area contributed by atoms with Crippen molar-refractivity contribution in [1.29, 1.82) is 0 Å². The standard InChI is InChI=1S/C30H42O8.C5H10O2/c1-16(32)38-27(2,3)12-11-22(33)25(36)20-10-8-18-19-9-7-17-21(13-23(34)26(37)28(17,4)5)30(19,15-31)24(35)14-29(18,20)6;1-3-5(7)4(2)6/h7,11-12,18-21,25-26,31,36-37H,8-10,13-15H2,1-6H3;5,7H,3H2,1-2H3/b12-11+;/t18?,19?,20-,21-,25?,26?,29?,30?;/m1./s1. The van der Waals surface area contributed by atoms with Gasteiger partial charge in [0.25, 0.3) is 0 Å². The third kappa shape index (κ3) is 6.66. The number of ether oxygens (including phenoxy) is 1. The van der Waals surface area contributed by atoms with Crippen molar-refractivity contribution < 1.29 is 49.1 Å². The van der Waals surface area contributed by atoms with E-state index in [1.165, 1.54) is 26.0 Å². The lowest BCUT2D eigenvalue weighted by Crippen LogP contribution is -2.63. The van der Waals surface area contributed by atoms with Gasteiger partial charge in [-0.15, -0.1) is 0 Å². The van der Waals surface area contributed by atoms with E-state index in [1.54, 1.807) is 20.8 Å². The highest BCUT2D eigenvalue weighted by Crippen LogP contribution is 2.68. The van der Waals surface area contributed by atoms with Crippen LogP contribution in [0.25, 0.3) is 0 Å². The number of ketones is 4. The minimum atomic E-state index is -1.32. The molecule has 4 aliphatic carbocycles. The second kappa shape index (κ2) is 13.3. The van der Waals surface area contributed by atoms with Crippen molar-refractivity contribution in [3.05, 3.63) is 23.8 Å². The number of esters is 1. The van der Waals surface area contributed by atoms with Gasteiger partial charge >= 0.3 is 5.97 Å². The van der Waals surface area contributed by atoms with E-state index in [0.29, 0.717) is 25.7 Å². The molecule has 0 aliphatic heterocycles. The average molecular weight is 633 g/mol. The van der Waals surface area contributed by atoms with Crippen molar-refractivity contribution in [2.75, 3.05) is 6.61 Å². The second-order valence-electron chi connectivity index (χ2n) is 14.9. The van der Waals surface area contributed by atoms with Gasteiger partial charge in [0.15, 0.2) is 17.3 Å². The maximum absolute atomic E-state index is 14.1. The molecule has 3 fully saturated rings. The van der Waals surface area contributed by atoms with Crippen molar-refractivity contribution in [3.8, 4) is 0 Å². The first-order valence-corrected chi connectivity index (χ1v) is 16.1. The van der Waals surface area contributed by atoms with Crippen molar-refractivity contribution in [3.63, 3.8) is 0 Å². The molecule has 0 aromatic carbocycles. The first-order chi connectivity index (χ1) is 20.7. The highest BCUT2D eigenvalue weighted by Gasteiger charge is 2.68. The summed E-state index contributed by atoms with van der Waals surface area (Å²) in [5, 5.41) is 41.2. The van der Waals surface area contributed by atoms with Crippen LogP contribution >= 0.6 is 0 Å². The quantitative estimate of drug-likeness (QED) is 0.177. The molecule has 9 atom stereocenters. The maximum Gasteiger partial charge on any atom is 0.303 e. The fraction of sp³-hybridized carbons (Fsp3) is 0.743. The van der Waals surface area contributed by atoms with Crippen LogP contribution in [0.5, 0.6) is 0 Å². The molecule has 45 heavy (non-hydrogen) atoms. The third-order valence-electron chi connectivity index (χ3n) is 11.3. The van der Waals surface area contributed by atoms with E-state index in [-0.39, 0.29) is 48.6 Å². The summed E-state index contributed by atoms with van der Waals surface area (Å²) in [6.07, 6.45) is 4.03. The molecule has 7 unspecified atom stereocenters. The second-order valence-corrected chi connectivity index (χ2v) is 14.9. The van der Waals surface area contributed by atoms with Crippen LogP contribution < -0.4 is 0 Å². The predicted molar refractivity (Wildman–Crippen MR) is 166 cm³/mol. The number of allylic oxidation sites excluding steroid dienone is 1. The number of aliphatic hydroxyl groups excluding tert-OH is 4. The third-order valence-corrected chi connectivity index (χ3v) is 11.3. The van der Waals surface area contributed by atoms with Crippen molar-refractivity contribution in [1.82, 2.24) is 0 Å². The Morgan fingerprint density at radius 1 is 1.09 bits per heavy atom. The number of rotatable bonds is 8. The van der Waals surface area contributed by atoms with Crippen LogP contribution in [0.3, 0.4) is 0 Å². The number of Topliss-reactive ketones (excluding diaryl/α,β-unsaturated/α-hetero) is 3. The van der Waals surface area contributed by atoms with Crippen LogP contribution in [0.4, 0.5) is 0 Å². The zero-order chi connectivity index (χ0) is 34.3. The monoisotopic (exact) mass is 632 g/mol. The van der Waals surface area contributed by atoms with Gasteiger partial charge in [0.2, 0.25) is 0 Å². The molecule has 0 amide bonds. The summed E-state index contributed by atoms with van der Waals surface area (Å²) in [5.41, 5.74) is -2.71. The Morgan fingerprint density at radius 2 is 1.71 bits per heavy atom. The van der Waals surface area contributed by atoms with Gasteiger partial charge in [-0.3, -0.25) is 24.0 Å². The van der Waals surface area contributed by atoms with E-state index in [4.69, 9.17) is 9.84 Å². The highest BCUT2D eigenvalue weighted by molar-refractivity contribution is 5.95. The van der Waals surface area contributed by atoms with E-state index >= 15 is 0 Å². The number of fused-ring (bicyclic) bond motifs is 5.